The fourth-order valence-electron chi connectivity index (χ4n) is 3.25. The lowest BCUT2D eigenvalue weighted by Crippen LogP contribution is -2.46. The number of hydrogen-bond acceptors (Lipinski definition) is 4. The minimum absolute atomic E-state index is 0. The van der Waals surface area contributed by atoms with Crippen molar-refractivity contribution in [2.75, 3.05) is 6.61 Å². The molecular weight excluding hydrogens is 353 g/mol. The van der Waals surface area contributed by atoms with Crippen LogP contribution in [0.25, 0.3) is 0 Å². The van der Waals surface area contributed by atoms with Crippen LogP contribution < -0.4 is 10.1 Å². The highest BCUT2D eigenvalue weighted by molar-refractivity contribution is 8.93. The summed E-state index contributed by atoms with van der Waals surface area (Å²) in [7, 11) is 0. The predicted octanol–water partition coefficient (Wildman–Crippen LogP) is 2.81. The maximum absolute atomic E-state index is 13.6. The Bertz CT molecular complexity index is 738. The second-order valence-corrected chi connectivity index (χ2v) is 5.50. The standard InChI is InChI=1S/C16H14FNO3.BrH/c17-9-2-1-8-6-18-12-7-21-15-5-14(20)13(19)4-11(15)16(12)10(8)3-9;/h1-5,12,16,18-20H,6-7H2;1H/t12-,16-;/m0./s1. The Morgan fingerprint density at radius 1 is 1.09 bits per heavy atom. The summed E-state index contributed by atoms with van der Waals surface area (Å²) in [6.07, 6.45) is 0. The van der Waals surface area contributed by atoms with Crippen molar-refractivity contribution in [1.29, 1.82) is 0 Å². The molecular formula is C16H15BrFNO3. The molecule has 4 nitrogen and oxygen atoms in total. The van der Waals surface area contributed by atoms with Crippen LogP contribution in [-0.2, 0) is 6.54 Å². The third kappa shape index (κ3) is 2.23. The third-order valence-corrected chi connectivity index (χ3v) is 4.26. The predicted molar refractivity (Wildman–Crippen MR) is 84.5 cm³/mol. The Morgan fingerprint density at radius 2 is 1.86 bits per heavy atom. The van der Waals surface area contributed by atoms with Gasteiger partial charge in [0.2, 0.25) is 0 Å². The number of phenols is 2. The molecule has 2 aromatic rings. The molecule has 2 atom stereocenters. The smallest absolute Gasteiger partial charge is 0.161 e. The fraction of sp³-hybridized carbons (Fsp3) is 0.250. The second kappa shape index (κ2) is 5.44. The zero-order valence-corrected chi connectivity index (χ0v) is 13.3. The number of hydrogen-bond donors (Lipinski definition) is 3. The van der Waals surface area contributed by atoms with Gasteiger partial charge in [0.1, 0.15) is 18.2 Å². The highest BCUT2D eigenvalue weighted by Gasteiger charge is 2.37. The first kappa shape index (κ1) is 15.1. The van der Waals surface area contributed by atoms with Crippen molar-refractivity contribution in [3.05, 3.63) is 52.8 Å². The van der Waals surface area contributed by atoms with Gasteiger partial charge in [-0.1, -0.05) is 6.07 Å². The molecule has 22 heavy (non-hydrogen) atoms. The van der Waals surface area contributed by atoms with Crippen molar-refractivity contribution in [2.45, 2.75) is 18.5 Å². The van der Waals surface area contributed by atoms with Gasteiger partial charge >= 0.3 is 0 Å². The Morgan fingerprint density at radius 3 is 2.68 bits per heavy atom. The van der Waals surface area contributed by atoms with E-state index in [0.717, 1.165) is 16.7 Å². The van der Waals surface area contributed by atoms with Crippen molar-refractivity contribution in [2.24, 2.45) is 0 Å². The summed E-state index contributed by atoms with van der Waals surface area (Å²) in [6.45, 7) is 1.11. The Hall–Kier alpha value is -1.79. The van der Waals surface area contributed by atoms with E-state index in [1.54, 1.807) is 12.1 Å². The molecule has 0 aromatic heterocycles. The lowest BCUT2D eigenvalue weighted by Gasteiger charge is -2.39. The van der Waals surface area contributed by atoms with Crippen molar-refractivity contribution in [3.63, 3.8) is 0 Å². The van der Waals surface area contributed by atoms with E-state index in [1.807, 2.05) is 0 Å². The van der Waals surface area contributed by atoms with E-state index in [1.165, 1.54) is 18.2 Å². The van der Waals surface area contributed by atoms with Gasteiger partial charge in [0.25, 0.3) is 0 Å². The quantitative estimate of drug-likeness (QED) is 0.626. The van der Waals surface area contributed by atoms with Gasteiger partial charge in [-0.15, -0.1) is 17.0 Å². The number of ether oxygens (including phenoxy) is 1. The van der Waals surface area contributed by atoms with E-state index >= 15 is 0 Å². The summed E-state index contributed by atoms with van der Waals surface area (Å²) in [6, 6.07) is 7.72. The Kier molecular flexibility index (Phi) is 3.74. The average Bonchev–Trinajstić information content (AvgIpc) is 2.48. The number of benzene rings is 2. The van der Waals surface area contributed by atoms with Crippen LogP contribution in [0.1, 0.15) is 22.6 Å². The van der Waals surface area contributed by atoms with Gasteiger partial charge in [-0.05, 0) is 29.3 Å². The van der Waals surface area contributed by atoms with Gasteiger partial charge in [-0.2, -0.15) is 0 Å². The van der Waals surface area contributed by atoms with Gasteiger partial charge in [0.05, 0.1) is 6.04 Å². The molecule has 2 aliphatic heterocycles. The first-order chi connectivity index (χ1) is 10.1. The molecule has 4 rings (SSSR count). The first-order valence-corrected chi connectivity index (χ1v) is 6.84. The summed E-state index contributed by atoms with van der Waals surface area (Å²) in [5.74, 6) is -0.243. The summed E-state index contributed by atoms with van der Waals surface area (Å²) in [5.41, 5.74) is 2.71. The molecule has 2 aliphatic rings. The normalized spacial score (nSPS) is 21.7. The fourth-order valence-corrected chi connectivity index (χ4v) is 3.25. The van der Waals surface area contributed by atoms with E-state index in [9.17, 15) is 14.6 Å². The highest BCUT2D eigenvalue weighted by Crippen LogP contribution is 2.45. The number of aromatic hydroxyl groups is 2. The van der Waals surface area contributed by atoms with Crippen molar-refractivity contribution < 1.29 is 19.3 Å². The minimum Gasteiger partial charge on any atom is -0.504 e. The lowest BCUT2D eigenvalue weighted by molar-refractivity contribution is 0.214. The van der Waals surface area contributed by atoms with Crippen LogP contribution in [0.3, 0.4) is 0 Å². The molecule has 116 valence electrons. The molecule has 0 fully saturated rings. The molecule has 0 unspecified atom stereocenters. The number of phenolic OH excluding ortho intramolecular Hbond substituents is 2. The van der Waals surface area contributed by atoms with Crippen LogP contribution in [0.5, 0.6) is 17.2 Å². The van der Waals surface area contributed by atoms with Crippen LogP contribution in [-0.4, -0.2) is 22.9 Å². The van der Waals surface area contributed by atoms with E-state index in [2.05, 4.69) is 5.32 Å². The molecule has 0 spiro atoms. The van der Waals surface area contributed by atoms with Crippen molar-refractivity contribution in [3.8, 4) is 17.2 Å². The number of nitrogens with one attached hydrogen (secondary N) is 1. The third-order valence-electron chi connectivity index (χ3n) is 4.26. The maximum Gasteiger partial charge on any atom is 0.161 e. The van der Waals surface area contributed by atoms with Gasteiger partial charge in [0, 0.05) is 24.1 Å². The first-order valence-electron chi connectivity index (χ1n) is 6.84. The summed E-state index contributed by atoms with van der Waals surface area (Å²) in [5, 5.41) is 22.8. The van der Waals surface area contributed by atoms with Crippen LogP contribution in [0.15, 0.2) is 30.3 Å². The van der Waals surface area contributed by atoms with Gasteiger partial charge in [-0.25, -0.2) is 4.39 Å². The number of fused-ring (bicyclic) bond motifs is 5. The zero-order chi connectivity index (χ0) is 14.6. The summed E-state index contributed by atoms with van der Waals surface area (Å²) < 4.78 is 19.3. The second-order valence-electron chi connectivity index (χ2n) is 5.50. The molecule has 0 saturated carbocycles. The van der Waals surface area contributed by atoms with Crippen LogP contribution in [0, 0.1) is 5.82 Å². The molecule has 0 bridgehead atoms. The maximum atomic E-state index is 13.6. The van der Waals surface area contributed by atoms with E-state index in [0.29, 0.717) is 18.9 Å². The van der Waals surface area contributed by atoms with Gasteiger partial charge in [-0.3, -0.25) is 0 Å². The SMILES string of the molecule is Br.Oc1cc2c(cc1O)[C@@H]1c3cc(F)ccc3CN[C@H]1CO2. The monoisotopic (exact) mass is 367 g/mol. The number of rotatable bonds is 0. The van der Waals surface area contributed by atoms with E-state index in [-0.39, 0.29) is 46.3 Å². The van der Waals surface area contributed by atoms with E-state index in [4.69, 9.17) is 4.74 Å². The molecule has 0 saturated heterocycles. The lowest BCUT2D eigenvalue weighted by atomic mass is 9.78. The molecule has 0 radical (unpaired) electrons. The van der Waals surface area contributed by atoms with Crippen molar-refractivity contribution >= 4 is 17.0 Å². The van der Waals surface area contributed by atoms with Gasteiger partial charge < -0.3 is 20.3 Å². The zero-order valence-electron chi connectivity index (χ0n) is 11.5. The molecule has 0 amide bonds. The largest absolute Gasteiger partial charge is 0.504 e. The molecule has 2 heterocycles. The topological polar surface area (TPSA) is 61.7 Å². The van der Waals surface area contributed by atoms with Crippen molar-refractivity contribution in [1.82, 2.24) is 5.32 Å². The van der Waals surface area contributed by atoms with Crippen LogP contribution in [0.4, 0.5) is 4.39 Å². The highest BCUT2D eigenvalue weighted by atomic mass is 79.9. The number of halogens is 2. The summed E-state index contributed by atoms with van der Waals surface area (Å²) >= 11 is 0. The molecule has 0 aliphatic carbocycles. The summed E-state index contributed by atoms with van der Waals surface area (Å²) in [4.78, 5) is 0. The Balaban J connectivity index is 0.00000144. The minimum atomic E-state index is -0.273. The van der Waals surface area contributed by atoms with Crippen LogP contribution in [0.2, 0.25) is 0 Å². The van der Waals surface area contributed by atoms with Gasteiger partial charge in [0.15, 0.2) is 11.5 Å². The molecule has 2 aromatic carbocycles. The molecule has 6 heteroatoms. The molecule has 3 N–H and O–H groups in total. The van der Waals surface area contributed by atoms with Crippen LogP contribution >= 0.6 is 17.0 Å². The van der Waals surface area contributed by atoms with E-state index < -0.39 is 0 Å². The Labute approximate surface area is 137 Å². The average molecular weight is 368 g/mol.